The summed E-state index contributed by atoms with van der Waals surface area (Å²) in [4.78, 5) is 35.7. The second-order valence-corrected chi connectivity index (χ2v) is 11.6. The molecule has 42 heavy (non-hydrogen) atoms. The monoisotopic (exact) mass is 602 g/mol. The summed E-state index contributed by atoms with van der Waals surface area (Å²) in [6, 6.07) is 15.0. The lowest BCUT2D eigenvalue weighted by Gasteiger charge is -2.37. The first kappa shape index (κ1) is 31.6. The van der Waals surface area contributed by atoms with Crippen molar-refractivity contribution >= 4 is 23.4 Å². The van der Waals surface area contributed by atoms with Gasteiger partial charge >= 0.3 is 6.18 Å². The number of thioether (sulfide) groups is 1. The Kier molecular flexibility index (Phi) is 10.7. The molecule has 0 spiro atoms. The number of hydrogen-bond donors (Lipinski definition) is 0. The van der Waals surface area contributed by atoms with Crippen molar-refractivity contribution < 1.29 is 22.7 Å². The quantitative estimate of drug-likeness (QED) is 0.212. The summed E-state index contributed by atoms with van der Waals surface area (Å²) in [5.41, 5.74) is 1.76. The molecule has 1 unspecified atom stereocenters. The number of alkyl halides is 3. The Morgan fingerprint density at radius 1 is 1.07 bits per heavy atom. The third kappa shape index (κ3) is 7.74. The second-order valence-electron chi connectivity index (χ2n) is 10.4. The maximum absolute atomic E-state index is 13.8. The number of anilines is 1. The lowest BCUT2D eigenvalue weighted by molar-refractivity contribution is -0.137. The number of hydrogen-bond acceptors (Lipinski definition) is 6. The Bertz CT molecular complexity index is 1410. The first-order valence-corrected chi connectivity index (χ1v) is 15.0. The van der Waals surface area contributed by atoms with Gasteiger partial charge in [-0.2, -0.15) is 13.2 Å². The molecule has 1 amide bonds. The zero-order chi connectivity index (χ0) is 30.3. The standard InChI is InChI=1S/C31H37F3N4O3S/c1-4-5-14-27(29(40)38-17-15-37(16-18-38)24-13-9-12-23(20-24)31(32,33)34)42-30-35-26(21-41-3)25(28(39)36(30)2)19-22-10-7-6-8-11-22/h6-13,20,27H,4-5,14-19,21H2,1-3H3. The van der Waals surface area contributed by atoms with Crippen LogP contribution in [0.15, 0.2) is 64.5 Å². The average molecular weight is 603 g/mol. The molecule has 0 saturated carbocycles. The fraction of sp³-hybridized carbons (Fsp3) is 0.452. The third-order valence-electron chi connectivity index (χ3n) is 7.41. The number of halogens is 3. The van der Waals surface area contributed by atoms with Gasteiger partial charge in [0.05, 0.1) is 23.1 Å². The van der Waals surface area contributed by atoms with Crippen LogP contribution in [-0.2, 0) is 35.8 Å². The number of piperazine rings is 1. The van der Waals surface area contributed by atoms with E-state index in [4.69, 9.17) is 9.72 Å². The zero-order valence-electron chi connectivity index (χ0n) is 24.2. The lowest BCUT2D eigenvalue weighted by Crippen LogP contribution is -2.51. The molecular weight excluding hydrogens is 565 g/mol. The Labute approximate surface area is 248 Å². The van der Waals surface area contributed by atoms with Gasteiger partial charge in [-0.15, -0.1) is 0 Å². The van der Waals surface area contributed by atoms with Crippen molar-refractivity contribution in [2.75, 3.05) is 38.2 Å². The van der Waals surface area contributed by atoms with E-state index in [1.807, 2.05) is 35.2 Å². The summed E-state index contributed by atoms with van der Waals surface area (Å²) < 4.78 is 46.5. The fourth-order valence-electron chi connectivity index (χ4n) is 5.03. The molecule has 1 aromatic heterocycles. The molecule has 226 valence electrons. The number of amides is 1. The van der Waals surface area contributed by atoms with Crippen molar-refractivity contribution in [1.29, 1.82) is 0 Å². The van der Waals surface area contributed by atoms with Gasteiger partial charge in [0.1, 0.15) is 0 Å². The first-order valence-electron chi connectivity index (χ1n) is 14.1. The predicted molar refractivity (Wildman–Crippen MR) is 159 cm³/mol. The van der Waals surface area contributed by atoms with E-state index in [0.717, 1.165) is 30.5 Å². The number of rotatable bonds is 11. The number of aromatic nitrogens is 2. The molecule has 1 fully saturated rings. The third-order valence-corrected chi connectivity index (χ3v) is 8.70. The Balaban J connectivity index is 1.51. The van der Waals surface area contributed by atoms with Gasteiger partial charge < -0.3 is 14.5 Å². The van der Waals surface area contributed by atoms with Crippen LogP contribution >= 0.6 is 11.8 Å². The molecule has 0 aliphatic carbocycles. The van der Waals surface area contributed by atoms with Crippen LogP contribution in [0.5, 0.6) is 0 Å². The number of methoxy groups -OCH3 is 1. The fourth-order valence-corrected chi connectivity index (χ4v) is 6.22. The smallest absolute Gasteiger partial charge is 0.378 e. The minimum Gasteiger partial charge on any atom is -0.378 e. The van der Waals surface area contributed by atoms with Crippen molar-refractivity contribution in [3.63, 3.8) is 0 Å². The molecule has 3 aromatic rings. The summed E-state index contributed by atoms with van der Waals surface area (Å²) in [5, 5.41) is 0.0134. The van der Waals surface area contributed by atoms with E-state index in [9.17, 15) is 22.8 Å². The van der Waals surface area contributed by atoms with Gasteiger partial charge in [0.15, 0.2) is 5.16 Å². The Morgan fingerprint density at radius 3 is 2.43 bits per heavy atom. The molecule has 0 radical (unpaired) electrons. The highest BCUT2D eigenvalue weighted by atomic mass is 32.2. The number of carbonyl (C=O) groups excluding carboxylic acids is 1. The van der Waals surface area contributed by atoms with Gasteiger partial charge in [-0.3, -0.25) is 14.2 Å². The summed E-state index contributed by atoms with van der Waals surface area (Å²) in [6.07, 6.45) is -1.62. The molecule has 0 bridgehead atoms. The number of unbranched alkanes of at least 4 members (excludes halogenated alkanes) is 1. The van der Waals surface area contributed by atoms with E-state index in [1.54, 1.807) is 25.1 Å². The van der Waals surface area contributed by atoms with Crippen molar-refractivity contribution in [2.24, 2.45) is 7.05 Å². The zero-order valence-corrected chi connectivity index (χ0v) is 25.0. The molecule has 2 heterocycles. The molecule has 1 saturated heterocycles. The molecule has 1 atom stereocenters. The van der Waals surface area contributed by atoms with Crippen LogP contribution in [0.1, 0.15) is 48.6 Å². The molecule has 1 aliphatic rings. The minimum absolute atomic E-state index is 0.0481. The Hall–Kier alpha value is -3.31. The molecule has 0 N–H and O–H groups in total. The topological polar surface area (TPSA) is 67.7 Å². The summed E-state index contributed by atoms with van der Waals surface area (Å²) in [7, 11) is 3.24. The van der Waals surface area contributed by atoms with Gasteiger partial charge in [-0.1, -0.05) is 67.9 Å². The largest absolute Gasteiger partial charge is 0.416 e. The van der Waals surface area contributed by atoms with Crippen molar-refractivity contribution in [1.82, 2.24) is 14.5 Å². The molecule has 7 nitrogen and oxygen atoms in total. The minimum atomic E-state index is -4.41. The number of benzene rings is 2. The van der Waals surface area contributed by atoms with Gasteiger partial charge in [0.2, 0.25) is 5.91 Å². The molecular formula is C31H37F3N4O3S. The lowest BCUT2D eigenvalue weighted by atomic mass is 10.0. The van der Waals surface area contributed by atoms with E-state index in [2.05, 4.69) is 6.92 Å². The van der Waals surface area contributed by atoms with Gasteiger partial charge in [-0.25, -0.2) is 4.98 Å². The summed E-state index contributed by atoms with van der Waals surface area (Å²) in [6.45, 7) is 3.90. The van der Waals surface area contributed by atoms with Gasteiger partial charge in [-0.05, 0) is 30.2 Å². The molecule has 4 rings (SSSR count). The van der Waals surface area contributed by atoms with Gasteiger partial charge in [0, 0.05) is 58.0 Å². The number of ether oxygens (including phenoxy) is 1. The van der Waals surface area contributed by atoms with Crippen LogP contribution in [0.2, 0.25) is 0 Å². The number of nitrogens with zero attached hydrogens (tertiary/aromatic N) is 4. The maximum Gasteiger partial charge on any atom is 0.416 e. The van der Waals surface area contributed by atoms with Crippen LogP contribution in [-0.4, -0.2) is 58.9 Å². The van der Waals surface area contributed by atoms with Crippen molar-refractivity contribution in [3.05, 3.63) is 87.3 Å². The second kappa shape index (κ2) is 14.2. The predicted octanol–water partition coefficient (Wildman–Crippen LogP) is 5.54. The highest BCUT2D eigenvalue weighted by Gasteiger charge is 2.32. The normalized spacial score (nSPS) is 14.7. The first-order chi connectivity index (χ1) is 20.1. The average Bonchev–Trinajstić information content (AvgIpc) is 2.99. The maximum atomic E-state index is 13.8. The van der Waals surface area contributed by atoms with Crippen LogP contribution in [0.4, 0.5) is 18.9 Å². The van der Waals surface area contributed by atoms with E-state index in [0.29, 0.717) is 61.1 Å². The molecule has 1 aliphatic heterocycles. The van der Waals surface area contributed by atoms with E-state index < -0.39 is 17.0 Å². The van der Waals surface area contributed by atoms with Crippen LogP contribution < -0.4 is 10.5 Å². The highest BCUT2D eigenvalue weighted by Crippen LogP contribution is 2.32. The highest BCUT2D eigenvalue weighted by molar-refractivity contribution is 8.00. The van der Waals surface area contributed by atoms with Crippen LogP contribution in [0.3, 0.4) is 0 Å². The Morgan fingerprint density at radius 2 is 1.79 bits per heavy atom. The van der Waals surface area contributed by atoms with Crippen LogP contribution in [0.25, 0.3) is 0 Å². The van der Waals surface area contributed by atoms with Crippen molar-refractivity contribution in [2.45, 2.75) is 55.8 Å². The van der Waals surface area contributed by atoms with E-state index >= 15 is 0 Å². The summed E-state index contributed by atoms with van der Waals surface area (Å²) >= 11 is 1.29. The molecule has 11 heteroatoms. The summed E-state index contributed by atoms with van der Waals surface area (Å²) in [5.74, 6) is -0.0481. The van der Waals surface area contributed by atoms with Gasteiger partial charge in [0.25, 0.3) is 5.56 Å². The SMILES string of the molecule is CCCCC(Sc1nc(COC)c(Cc2ccccc2)c(=O)n1C)C(=O)N1CCN(c2cccc(C(F)(F)F)c2)CC1. The van der Waals surface area contributed by atoms with E-state index in [1.165, 1.54) is 22.4 Å². The van der Waals surface area contributed by atoms with E-state index in [-0.39, 0.29) is 18.1 Å². The number of carbonyl (C=O) groups is 1. The molecule has 2 aromatic carbocycles. The van der Waals surface area contributed by atoms with Crippen LogP contribution in [0, 0.1) is 0 Å². The van der Waals surface area contributed by atoms with Crippen molar-refractivity contribution in [3.8, 4) is 0 Å².